The molecule has 0 aromatic heterocycles. The van der Waals surface area contributed by atoms with Gasteiger partial charge in [-0.1, -0.05) is 131 Å². The quantitative estimate of drug-likeness (QED) is 0.0773. The Kier molecular flexibility index (Phi) is 16.6. The third-order valence-corrected chi connectivity index (χ3v) is 8.46. The number of hydrogen-bond acceptors (Lipinski definition) is 7. The molecule has 0 fully saturated rings. The van der Waals surface area contributed by atoms with Crippen molar-refractivity contribution in [3.05, 3.63) is 113 Å². The number of amides is 2. The van der Waals surface area contributed by atoms with Gasteiger partial charge >= 0.3 is 12.2 Å². The molecule has 0 aliphatic carbocycles. The van der Waals surface area contributed by atoms with Gasteiger partial charge < -0.3 is 31.2 Å². The zero-order chi connectivity index (χ0) is 35.8. The zero-order valence-electron chi connectivity index (χ0n) is 28.9. The lowest BCUT2D eigenvalue weighted by Crippen LogP contribution is -2.41. The number of carbonyl (C=O) groups excluding carboxylic acids is 3. The van der Waals surface area contributed by atoms with Gasteiger partial charge in [0.15, 0.2) is 5.78 Å². The number of benzene rings is 2. The van der Waals surface area contributed by atoms with Crippen molar-refractivity contribution < 1.29 is 34.1 Å². The number of aliphatic hydroxyl groups is 2. The fraction of sp³-hybridized carbons (Fsp3) is 0.410. The van der Waals surface area contributed by atoms with Crippen molar-refractivity contribution in [1.82, 2.24) is 0 Å². The molecule has 2 amide bonds. The third kappa shape index (κ3) is 13.3. The monoisotopic (exact) mass is 660 g/mol. The normalized spacial score (nSPS) is 17.4. The summed E-state index contributed by atoms with van der Waals surface area (Å²) in [6, 6.07) is 16.6. The molecule has 0 saturated carbocycles. The van der Waals surface area contributed by atoms with Gasteiger partial charge in [-0.05, 0) is 30.9 Å². The Hall–Kier alpha value is -4.47. The van der Waals surface area contributed by atoms with Crippen LogP contribution < -0.4 is 11.5 Å². The van der Waals surface area contributed by atoms with Crippen LogP contribution in [0.1, 0.15) is 69.4 Å². The maximum atomic E-state index is 12.7. The second-order valence-corrected chi connectivity index (χ2v) is 12.6. The molecule has 0 aliphatic rings. The number of ether oxygens (including phenoxy) is 2. The van der Waals surface area contributed by atoms with Crippen LogP contribution in [0.4, 0.5) is 9.59 Å². The van der Waals surface area contributed by atoms with E-state index in [1.165, 1.54) is 0 Å². The number of aliphatic hydroxyl groups excluding tert-OH is 2. The molecular weight excluding hydrogens is 608 g/mol. The lowest BCUT2D eigenvalue weighted by atomic mass is 9.81. The largest absolute Gasteiger partial charge is 0.445 e. The maximum absolute atomic E-state index is 12.7. The van der Waals surface area contributed by atoms with Gasteiger partial charge in [-0.2, -0.15) is 0 Å². The van der Waals surface area contributed by atoms with Gasteiger partial charge in [-0.3, -0.25) is 4.79 Å². The molecule has 0 heterocycles. The lowest BCUT2D eigenvalue weighted by molar-refractivity contribution is -0.0266. The number of hydrogen-bond donors (Lipinski definition) is 4. The lowest BCUT2D eigenvalue weighted by Gasteiger charge is -2.33. The smallest absolute Gasteiger partial charge is 0.404 e. The van der Waals surface area contributed by atoms with Crippen LogP contribution in [0, 0.1) is 29.6 Å². The van der Waals surface area contributed by atoms with Crippen molar-refractivity contribution in [2.45, 2.75) is 66.3 Å². The maximum Gasteiger partial charge on any atom is 0.404 e. The molecule has 2 aromatic carbocycles. The molecule has 48 heavy (non-hydrogen) atoms. The van der Waals surface area contributed by atoms with Crippen molar-refractivity contribution in [1.29, 1.82) is 0 Å². The molecule has 6 N–H and O–H groups in total. The number of rotatable bonds is 18. The zero-order valence-corrected chi connectivity index (χ0v) is 28.9. The summed E-state index contributed by atoms with van der Waals surface area (Å²) < 4.78 is 10.1. The summed E-state index contributed by atoms with van der Waals surface area (Å²) in [6.45, 7) is 11.6. The first-order chi connectivity index (χ1) is 22.7. The van der Waals surface area contributed by atoms with Gasteiger partial charge in [0.2, 0.25) is 0 Å². The number of nitrogens with two attached hydrogens (primary N) is 2. The number of carbonyl (C=O) groups is 3. The van der Waals surface area contributed by atoms with Crippen LogP contribution in [-0.2, 0) is 9.47 Å². The minimum absolute atomic E-state index is 0.0249. The number of allylic oxidation sites excluding steroid dienone is 3. The Balaban J connectivity index is 1.97. The van der Waals surface area contributed by atoms with E-state index >= 15 is 0 Å². The van der Waals surface area contributed by atoms with Crippen molar-refractivity contribution in [3.63, 3.8) is 0 Å². The van der Waals surface area contributed by atoms with E-state index in [1.807, 2.05) is 108 Å². The third-order valence-electron chi connectivity index (χ3n) is 8.46. The molecule has 9 nitrogen and oxygen atoms in total. The Labute approximate surface area is 285 Å². The molecule has 8 atom stereocenters. The average molecular weight is 661 g/mol. The first-order valence-electron chi connectivity index (χ1n) is 16.3. The highest BCUT2D eigenvalue weighted by Crippen LogP contribution is 2.29. The molecule has 9 heteroatoms. The van der Waals surface area contributed by atoms with Crippen LogP contribution in [0.25, 0.3) is 6.08 Å². The fourth-order valence-electron chi connectivity index (χ4n) is 5.75. The van der Waals surface area contributed by atoms with Crippen LogP contribution in [0.15, 0.2) is 96.6 Å². The summed E-state index contributed by atoms with van der Waals surface area (Å²) >= 11 is 0. The summed E-state index contributed by atoms with van der Waals surface area (Å²) in [4.78, 5) is 35.0. The summed E-state index contributed by atoms with van der Waals surface area (Å²) in [7, 11) is 0. The highest BCUT2D eigenvalue weighted by molar-refractivity contribution is 6.09. The van der Waals surface area contributed by atoms with Gasteiger partial charge in [0.05, 0.1) is 12.2 Å². The van der Waals surface area contributed by atoms with Crippen molar-refractivity contribution in [2.24, 2.45) is 41.1 Å². The van der Waals surface area contributed by atoms with Crippen molar-refractivity contribution in [3.8, 4) is 0 Å². The van der Waals surface area contributed by atoms with Crippen LogP contribution in [0.2, 0.25) is 0 Å². The van der Waals surface area contributed by atoms with E-state index in [-0.39, 0.29) is 36.1 Å². The first kappa shape index (κ1) is 39.7. The summed E-state index contributed by atoms with van der Waals surface area (Å²) in [6.07, 6.45) is 9.46. The van der Waals surface area contributed by atoms with Crippen molar-refractivity contribution in [2.75, 3.05) is 6.61 Å². The Bertz CT molecular complexity index is 1430. The molecule has 0 saturated heterocycles. The standard InChI is InChI=1S/C39H52N2O7/c1-25(24-29(5)35(43)30(6)37(48-39(41)46)27(3)13-9-8-12-22-47-38(40)45)23-28(4)34(42)26(2)16-17-31-18-20-33(21-19-31)36(44)32-14-10-7-11-15-32/h7-21,23,26-30,34-35,37,42-43H,22,24H2,1-6H3,(H2,40,45)(H2,41,46)/b12-8+,13-9-,17-16-,25-23-/t26?,27-,28-,29-,30-,34-,35+,37-/m0/s1. The molecule has 0 aliphatic heterocycles. The summed E-state index contributed by atoms with van der Waals surface area (Å²) in [5, 5.41) is 22.3. The number of primary amides is 2. The van der Waals surface area contributed by atoms with E-state index < -0.39 is 36.4 Å². The molecule has 2 aromatic rings. The Morgan fingerprint density at radius 2 is 1.40 bits per heavy atom. The average Bonchev–Trinajstić information content (AvgIpc) is 3.06. The SMILES string of the molecule is C/C(=C/[C@H](C)[C@@H](O)C(C)/C=C\c1ccc(C(=O)c2ccccc2)cc1)C[C@H](C)[C@@H](O)[C@H](C)[C@@H](OC(N)=O)[C@@H](C)/C=C\C=C\COC(N)=O. The van der Waals surface area contributed by atoms with E-state index in [2.05, 4.69) is 4.74 Å². The highest BCUT2D eigenvalue weighted by Gasteiger charge is 2.33. The van der Waals surface area contributed by atoms with Crippen LogP contribution in [0.3, 0.4) is 0 Å². The summed E-state index contributed by atoms with van der Waals surface area (Å²) in [5.41, 5.74) is 13.5. The van der Waals surface area contributed by atoms with E-state index in [4.69, 9.17) is 16.2 Å². The van der Waals surface area contributed by atoms with E-state index in [1.54, 1.807) is 30.4 Å². The number of ketones is 1. The van der Waals surface area contributed by atoms with E-state index in [0.29, 0.717) is 17.5 Å². The topological polar surface area (TPSA) is 162 Å². The van der Waals surface area contributed by atoms with Crippen LogP contribution >= 0.6 is 0 Å². The molecule has 1 unspecified atom stereocenters. The summed E-state index contributed by atoms with van der Waals surface area (Å²) in [5.74, 6) is -1.17. The molecular formula is C39H52N2O7. The molecule has 2 rings (SSSR count). The predicted octanol–water partition coefficient (Wildman–Crippen LogP) is 6.84. The van der Waals surface area contributed by atoms with Crippen molar-refractivity contribution >= 4 is 24.0 Å². The minimum atomic E-state index is -0.922. The Morgan fingerprint density at radius 1 is 0.771 bits per heavy atom. The van der Waals surface area contributed by atoms with Crippen LogP contribution in [0.5, 0.6) is 0 Å². The van der Waals surface area contributed by atoms with Gasteiger partial charge in [-0.15, -0.1) is 0 Å². The first-order valence-corrected chi connectivity index (χ1v) is 16.3. The van der Waals surface area contributed by atoms with Gasteiger partial charge in [0.25, 0.3) is 0 Å². The predicted molar refractivity (Wildman–Crippen MR) is 190 cm³/mol. The Morgan fingerprint density at radius 3 is 2.00 bits per heavy atom. The van der Waals surface area contributed by atoms with E-state index in [0.717, 1.165) is 11.1 Å². The van der Waals surface area contributed by atoms with Gasteiger partial charge in [0.1, 0.15) is 12.7 Å². The molecule has 0 bridgehead atoms. The molecule has 260 valence electrons. The molecule has 0 radical (unpaired) electrons. The molecule has 0 spiro atoms. The van der Waals surface area contributed by atoms with Gasteiger partial charge in [0, 0.05) is 34.8 Å². The van der Waals surface area contributed by atoms with E-state index in [9.17, 15) is 24.6 Å². The highest BCUT2D eigenvalue weighted by atomic mass is 16.6. The van der Waals surface area contributed by atoms with Gasteiger partial charge in [-0.25, -0.2) is 9.59 Å². The minimum Gasteiger partial charge on any atom is -0.445 e. The second-order valence-electron chi connectivity index (χ2n) is 12.6. The second kappa shape index (κ2) is 20.0. The van der Waals surface area contributed by atoms with Crippen LogP contribution in [-0.4, -0.2) is 53.1 Å². The fourth-order valence-corrected chi connectivity index (χ4v) is 5.75.